The van der Waals surface area contributed by atoms with E-state index in [4.69, 9.17) is 4.74 Å². The normalized spacial score (nSPS) is 10.9. The van der Waals surface area contributed by atoms with E-state index in [2.05, 4.69) is 15.6 Å². The summed E-state index contributed by atoms with van der Waals surface area (Å²) in [5.74, 6) is -0.922. The van der Waals surface area contributed by atoms with Crippen LogP contribution in [-0.4, -0.2) is 36.0 Å². The van der Waals surface area contributed by atoms with Gasteiger partial charge in [-0.1, -0.05) is 38.1 Å². The molecule has 1 aromatic carbocycles. The first-order valence-corrected chi connectivity index (χ1v) is 8.72. The average molecular weight is 369 g/mol. The van der Waals surface area contributed by atoms with Crippen molar-refractivity contribution in [1.29, 1.82) is 0 Å². The Morgan fingerprint density at radius 1 is 1.19 bits per heavy atom. The third kappa shape index (κ3) is 6.89. The van der Waals surface area contributed by atoms with Crippen molar-refractivity contribution in [3.05, 3.63) is 48.2 Å². The first-order chi connectivity index (χ1) is 13.0. The van der Waals surface area contributed by atoms with Gasteiger partial charge in [-0.2, -0.15) is 0 Å². The standard InChI is InChI=1S/C20H23N3O4/c1-14(2)10-12-22-20(26)23-17(24)13-27-18(25)9-8-16-6-3-5-15-7-4-11-21-19(15)16/h3-9,11,14H,10,12-13H2,1-2H3,(H2,22,23,24,26)/b9-8+. The number of aromatic nitrogens is 1. The second-order valence-electron chi connectivity index (χ2n) is 6.35. The zero-order chi connectivity index (χ0) is 19.6. The fourth-order valence-electron chi connectivity index (χ4n) is 2.29. The van der Waals surface area contributed by atoms with E-state index in [-0.39, 0.29) is 0 Å². The third-order valence-corrected chi connectivity index (χ3v) is 3.67. The van der Waals surface area contributed by atoms with Crippen LogP contribution >= 0.6 is 0 Å². The lowest BCUT2D eigenvalue weighted by atomic mass is 10.1. The number of carbonyl (C=O) groups is 3. The van der Waals surface area contributed by atoms with Gasteiger partial charge < -0.3 is 10.1 Å². The highest BCUT2D eigenvalue weighted by atomic mass is 16.5. The first kappa shape index (κ1) is 20.1. The number of rotatable bonds is 7. The monoisotopic (exact) mass is 369 g/mol. The molecule has 0 aliphatic heterocycles. The first-order valence-electron chi connectivity index (χ1n) is 8.72. The van der Waals surface area contributed by atoms with Crippen LogP contribution in [0.15, 0.2) is 42.6 Å². The summed E-state index contributed by atoms with van der Waals surface area (Å²) < 4.78 is 4.84. The highest BCUT2D eigenvalue weighted by Crippen LogP contribution is 2.17. The predicted molar refractivity (Wildman–Crippen MR) is 103 cm³/mol. The van der Waals surface area contributed by atoms with Crippen molar-refractivity contribution >= 4 is 34.9 Å². The number of pyridine rings is 1. The summed E-state index contributed by atoms with van der Waals surface area (Å²) in [4.78, 5) is 39.2. The molecule has 2 rings (SSSR count). The van der Waals surface area contributed by atoms with Gasteiger partial charge in [0.2, 0.25) is 0 Å². The number of para-hydroxylation sites is 1. The van der Waals surface area contributed by atoms with Crippen molar-refractivity contribution < 1.29 is 19.1 Å². The van der Waals surface area contributed by atoms with Gasteiger partial charge in [0.15, 0.2) is 6.61 Å². The summed E-state index contributed by atoms with van der Waals surface area (Å²) in [5.41, 5.74) is 1.53. The summed E-state index contributed by atoms with van der Waals surface area (Å²) >= 11 is 0. The number of nitrogens with one attached hydrogen (secondary N) is 2. The molecule has 0 aliphatic carbocycles. The Morgan fingerprint density at radius 2 is 1.96 bits per heavy atom. The van der Waals surface area contributed by atoms with Gasteiger partial charge in [-0.15, -0.1) is 0 Å². The maximum atomic E-state index is 11.8. The molecule has 142 valence electrons. The molecule has 0 atom stereocenters. The Kier molecular flexibility index (Phi) is 7.49. The molecule has 1 aromatic heterocycles. The Hall–Kier alpha value is -3.22. The summed E-state index contributed by atoms with van der Waals surface area (Å²) in [6.45, 7) is 4.00. The SMILES string of the molecule is CC(C)CCNC(=O)NC(=O)COC(=O)/C=C/c1cccc2cccnc12. The number of ether oxygens (including phenoxy) is 1. The van der Waals surface area contributed by atoms with E-state index >= 15 is 0 Å². The van der Waals surface area contributed by atoms with E-state index in [1.165, 1.54) is 6.08 Å². The van der Waals surface area contributed by atoms with E-state index in [0.29, 0.717) is 12.5 Å². The lowest BCUT2D eigenvalue weighted by molar-refractivity contribution is -0.143. The molecule has 7 heteroatoms. The summed E-state index contributed by atoms with van der Waals surface area (Å²) in [7, 11) is 0. The van der Waals surface area contributed by atoms with Crippen molar-refractivity contribution in [2.45, 2.75) is 20.3 Å². The Labute approximate surface area is 157 Å². The Balaban J connectivity index is 1.79. The van der Waals surface area contributed by atoms with Gasteiger partial charge in [0.1, 0.15) is 0 Å². The molecule has 0 saturated heterocycles. The van der Waals surface area contributed by atoms with Crippen LogP contribution in [0.2, 0.25) is 0 Å². The van der Waals surface area contributed by atoms with E-state index in [1.54, 1.807) is 12.3 Å². The lowest BCUT2D eigenvalue weighted by Gasteiger charge is -2.08. The minimum atomic E-state index is -0.689. The number of fused-ring (bicyclic) bond motifs is 1. The smallest absolute Gasteiger partial charge is 0.331 e. The minimum Gasteiger partial charge on any atom is -0.452 e. The zero-order valence-electron chi connectivity index (χ0n) is 15.4. The molecule has 27 heavy (non-hydrogen) atoms. The van der Waals surface area contributed by atoms with E-state index in [1.807, 2.05) is 44.2 Å². The quantitative estimate of drug-likeness (QED) is 0.578. The van der Waals surface area contributed by atoms with Crippen LogP contribution < -0.4 is 10.6 Å². The van der Waals surface area contributed by atoms with Crippen molar-refractivity contribution in [2.75, 3.05) is 13.2 Å². The van der Waals surface area contributed by atoms with E-state index < -0.39 is 24.5 Å². The van der Waals surface area contributed by atoms with E-state index in [9.17, 15) is 14.4 Å². The van der Waals surface area contributed by atoms with E-state index in [0.717, 1.165) is 22.9 Å². The number of esters is 1. The lowest BCUT2D eigenvalue weighted by Crippen LogP contribution is -2.41. The fraction of sp³-hybridized carbons (Fsp3) is 0.300. The van der Waals surface area contributed by atoms with Crippen molar-refractivity contribution in [1.82, 2.24) is 15.6 Å². The van der Waals surface area contributed by atoms with Gasteiger partial charge in [0.25, 0.3) is 5.91 Å². The number of nitrogens with zero attached hydrogens (tertiary/aromatic N) is 1. The number of hydrogen-bond acceptors (Lipinski definition) is 5. The van der Waals surface area contributed by atoms with Crippen molar-refractivity contribution in [3.63, 3.8) is 0 Å². The van der Waals surface area contributed by atoms with Gasteiger partial charge in [-0.3, -0.25) is 15.1 Å². The highest BCUT2D eigenvalue weighted by molar-refractivity contribution is 5.97. The summed E-state index contributed by atoms with van der Waals surface area (Å²) in [6.07, 6.45) is 5.28. The Bertz CT molecular complexity index is 841. The topological polar surface area (TPSA) is 97.4 Å². The van der Waals surface area contributed by atoms with Crippen LogP contribution in [0.25, 0.3) is 17.0 Å². The van der Waals surface area contributed by atoms with Crippen molar-refractivity contribution in [2.24, 2.45) is 5.92 Å². The van der Waals surface area contributed by atoms with Crippen LogP contribution in [0.4, 0.5) is 4.79 Å². The van der Waals surface area contributed by atoms with Crippen LogP contribution in [0, 0.1) is 5.92 Å². The molecule has 7 nitrogen and oxygen atoms in total. The largest absolute Gasteiger partial charge is 0.452 e. The second kappa shape index (κ2) is 10.1. The molecular weight excluding hydrogens is 346 g/mol. The molecule has 0 spiro atoms. The zero-order valence-corrected chi connectivity index (χ0v) is 15.4. The third-order valence-electron chi connectivity index (χ3n) is 3.67. The fourth-order valence-corrected chi connectivity index (χ4v) is 2.29. The van der Waals surface area contributed by atoms with Crippen LogP contribution in [0.1, 0.15) is 25.8 Å². The number of carbonyl (C=O) groups excluding carboxylic acids is 3. The number of benzene rings is 1. The van der Waals surface area contributed by atoms with Gasteiger partial charge in [0.05, 0.1) is 5.52 Å². The molecule has 0 unspecified atom stereocenters. The number of hydrogen-bond donors (Lipinski definition) is 2. The molecule has 0 saturated carbocycles. The summed E-state index contributed by atoms with van der Waals surface area (Å²) in [5, 5.41) is 5.63. The second-order valence-corrected chi connectivity index (χ2v) is 6.35. The molecule has 1 heterocycles. The van der Waals surface area contributed by atoms with Crippen LogP contribution in [-0.2, 0) is 14.3 Å². The highest BCUT2D eigenvalue weighted by Gasteiger charge is 2.09. The number of urea groups is 1. The maximum Gasteiger partial charge on any atom is 0.331 e. The van der Waals surface area contributed by atoms with Crippen molar-refractivity contribution in [3.8, 4) is 0 Å². The molecule has 0 fully saturated rings. The Morgan fingerprint density at radius 3 is 2.74 bits per heavy atom. The molecule has 2 N–H and O–H groups in total. The van der Waals surface area contributed by atoms with Gasteiger partial charge in [0, 0.05) is 29.8 Å². The molecule has 3 amide bonds. The minimum absolute atomic E-state index is 0.450. The molecule has 0 bridgehead atoms. The maximum absolute atomic E-state index is 11.8. The molecule has 0 radical (unpaired) electrons. The van der Waals surface area contributed by atoms with Crippen LogP contribution in [0.5, 0.6) is 0 Å². The molecular formula is C20H23N3O4. The summed E-state index contributed by atoms with van der Waals surface area (Å²) in [6, 6.07) is 8.77. The predicted octanol–water partition coefficient (Wildman–Crippen LogP) is 2.66. The van der Waals surface area contributed by atoms with Gasteiger partial charge >= 0.3 is 12.0 Å². The van der Waals surface area contributed by atoms with Gasteiger partial charge in [-0.05, 0) is 24.5 Å². The number of amides is 3. The van der Waals surface area contributed by atoms with Gasteiger partial charge in [-0.25, -0.2) is 9.59 Å². The molecule has 2 aromatic rings. The molecule has 0 aliphatic rings. The van der Waals surface area contributed by atoms with Crippen LogP contribution in [0.3, 0.4) is 0 Å². The average Bonchev–Trinajstić information content (AvgIpc) is 2.64. The number of imide groups is 1.